The second-order valence-corrected chi connectivity index (χ2v) is 12.4. The Balaban J connectivity index is 1.68. The molecule has 1 aliphatic carbocycles. The number of hydrogen-bond donors (Lipinski definition) is 1. The van der Waals surface area contributed by atoms with E-state index in [1.165, 1.54) is 34.8 Å². The smallest absolute Gasteiger partial charge is 0.265 e. The van der Waals surface area contributed by atoms with Crippen LogP contribution in [0.1, 0.15) is 53.9 Å². The number of nitrogens with one attached hydrogen (secondary N) is 1. The van der Waals surface area contributed by atoms with Gasteiger partial charge >= 0.3 is 0 Å². The fourth-order valence-electron chi connectivity index (χ4n) is 5.31. The van der Waals surface area contributed by atoms with E-state index >= 15 is 0 Å². The van der Waals surface area contributed by atoms with Gasteiger partial charge in [-0.05, 0) is 53.5 Å². The van der Waals surface area contributed by atoms with Gasteiger partial charge in [0.1, 0.15) is 6.54 Å². The highest BCUT2D eigenvalue weighted by Crippen LogP contribution is 2.44. The maximum absolute atomic E-state index is 13.1. The number of thiophene rings is 1. The normalized spacial score (nSPS) is 14.5. The summed E-state index contributed by atoms with van der Waals surface area (Å²) >= 11 is 1.25. The fraction of sp³-hybridized carbons (Fsp3) is 0.310. The molecule has 2 aromatic carbocycles. The Labute approximate surface area is 227 Å². The van der Waals surface area contributed by atoms with Crippen molar-refractivity contribution in [3.8, 4) is 11.3 Å². The van der Waals surface area contributed by atoms with E-state index in [-0.39, 0.29) is 22.9 Å². The molecule has 4 aromatic rings. The maximum atomic E-state index is 13.1. The molecule has 38 heavy (non-hydrogen) atoms. The minimum absolute atomic E-state index is 0.0582. The van der Waals surface area contributed by atoms with E-state index in [0.29, 0.717) is 5.92 Å². The van der Waals surface area contributed by atoms with Crippen molar-refractivity contribution in [3.63, 3.8) is 0 Å². The van der Waals surface area contributed by atoms with Crippen LogP contribution in [0.5, 0.6) is 0 Å². The summed E-state index contributed by atoms with van der Waals surface area (Å²) in [6.45, 7) is 0.110. The first-order chi connectivity index (χ1) is 18.3. The van der Waals surface area contributed by atoms with Crippen LogP contribution in [-0.2, 0) is 21.4 Å². The highest BCUT2D eigenvalue weighted by molar-refractivity contribution is 7.90. The number of amides is 2. The van der Waals surface area contributed by atoms with Gasteiger partial charge in [-0.2, -0.15) is 11.3 Å². The summed E-state index contributed by atoms with van der Waals surface area (Å²) in [7, 11) is -0.521. The zero-order valence-corrected chi connectivity index (χ0v) is 23.1. The molecule has 1 saturated carbocycles. The third-order valence-corrected chi connectivity index (χ3v) is 9.41. The van der Waals surface area contributed by atoms with Crippen molar-refractivity contribution in [2.45, 2.75) is 49.5 Å². The van der Waals surface area contributed by atoms with Crippen LogP contribution in [0, 0.1) is 0 Å². The van der Waals surface area contributed by atoms with Gasteiger partial charge in [-0.3, -0.25) is 9.59 Å². The molecule has 0 aliphatic heterocycles. The number of fused-ring (bicyclic) bond motifs is 1. The van der Waals surface area contributed by atoms with Crippen molar-refractivity contribution in [3.05, 3.63) is 76.5 Å². The number of sulfonamides is 1. The van der Waals surface area contributed by atoms with E-state index in [9.17, 15) is 18.0 Å². The molecule has 198 valence electrons. The number of aromatic nitrogens is 1. The molecule has 1 aliphatic rings. The Hall–Kier alpha value is -3.43. The van der Waals surface area contributed by atoms with Gasteiger partial charge in [-0.15, -0.1) is 0 Å². The Morgan fingerprint density at radius 2 is 1.76 bits per heavy atom. The van der Waals surface area contributed by atoms with E-state index in [0.717, 1.165) is 47.8 Å². The number of rotatable bonds is 7. The lowest BCUT2D eigenvalue weighted by Gasteiger charge is -2.24. The molecule has 1 N–H and O–H groups in total. The van der Waals surface area contributed by atoms with Crippen molar-refractivity contribution in [2.24, 2.45) is 0 Å². The molecule has 9 heteroatoms. The van der Waals surface area contributed by atoms with Gasteiger partial charge in [0.2, 0.25) is 5.91 Å². The largest absolute Gasteiger partial charge is 0.347 e. The first-order valence-corrected chi connectivity index (χ1v) is 15.2. The lowest BCUT2D eigenvalue weighted by molar-refractivity contribution is -0.129. The number of nitrogens with zero attached hydrogens (tertiary/aromatic N) is 2. The minimum atomic E-state index is -3.98. The quantitative estimate of drug-likeness (QED) is 0.324. The van der Waals surface area contributed by atoms with Crippen LogP contribution in [0.3, 0.4) is 0 Å². The van der Waals surface area contributed by atoms with Crippen LogP contribution in [-0.4, -0.2) is 43.8 Å². The van der Waals surface area contributed by atoms with Crippen LogP contribution >= 0.6 is 11.3 Å². The third-order valence-electron chi connectivity index (χ3n) is 7.25. The summed E-state index contributed by atoms with van der Waals surface area (Å²) in [4.78, 5) is 27.8. The number of likely N-dealkylation sites (N-methyl/N-ethyl adjacent to an activating group) is 1. The molecule has 7 nitrogen and oxygen atoms in total. The molecule has 5 rings (SSSR count). The molecular formula is C29H31N3O4S2. The highest BCUT2D eigenvalue weighted by Gasteiger charge is 2.28. The number of hydrogen-bond acceptors (Lipinski definition) is 5. The predicted molar refractivity (Wildman–Crippen MR) is 151 cm³/mol. The summed E-state index contributed by atoms with van der Waals surface area (Å²) in [5.74, 6) is -0.426. The summed E-state index contributed by atoms with van der Waals surface area (Å²) in [6.07, 6.45) is 5.67. The first kappa shape index (κ1) is 26.2. The molecule has 2 amide bonds. The summed E-state index contributed by atoms with van der Waals surface area (Å²) < 4.78 is 29.6. The molecule has 0 saturated heterocycles. The first-order valence-electron chi connectivity index (χ1n) is 12.8. The molecule has 0 unspecified atom stereocenters. The second-order valence-electron chi connectivity index (χ2n) is 9.96. The zero-order valence-electron chi connectivity index (χ0n) is 21.5. The van der Waals surface area contributed by atoms with E-state index in [2.05, 4.69) is 16.9 Å². The van der Waals surface area contributed by atoms with Crippen molar-refractivity contribution in [2.75, 3.05) is 14.1 Å². The van der Waals surface area contributed by atoms with Crippen LogP contribution in [0.25, 0.3) is 22.2 Å². The van der Waals surface area contributed by atoms with E-state index in [4.69, 9.17) is 0 Å². The van der Waals surface area contributed by atoms with Crippen LogP contribution in [0.15, 0.2) is 70.3 Å². The van der Waals surface area contributed by atoms with E-state index in [1.54, 1.807) is 36.5 Å². The van der Waals surface area contributed by atoms with E-state index < -0.39 is 15.9 Å². The lowest BCUT2D eigenvalue weighted by atomic mass is 9.82. The average Bonchev–Trinajstić information content (AvgIpc) is 3.57. The van der Waals surface area contributed by atoms with Crippen LogP contribution < -0.4 is 4.72 Å². The van der Waals surface area contributed by atoms with Crippen molar-refractivity contribution < 1.29 is 18.0 Å². The standard InChI is InChI=1S/C29H31N3O4S2/c1-31(2)26(33)18-32-25-17-22(29(34)30-38(35,36)23-15-16-37-19-23)13-14-24(25)27(20-9-5-3-6-10-20)28(32)21-11-7-4-8-12-21/h4,7-8,11-17,19-20H,3,5-6,9-10,18H2,1-2H3,(H,30,34). The molecular weight excluding hydrogens is 518 g/mol. The monoisotopic (exact) mass is 549 g/mol. The lowest BCUT2D eigenvalue weighted by Crippen LogP contribution is -2.30. The van der Waals surface area contributed by atoms with Crippen LogP contribution in [0.2, 0.25) is 0 Å². The molecule has 0 spiro atoms. The van der Waals surface area contributed by atoms with Crippen LogP contribution in [0.4, 0.5) is 0 Å². The van der Waals surface area contributed by atoms with Gasteiger partial charge < -0.3 is 9.47 Å². The average molecular weight is 550 g/mol. The molecule has 0 atom stereocenters. The van der Waals surface area contributed by atoms with Crippen molar-refractivity contribution >= 4 is 44.1 Å². The fourth-order valence-corrected chi connectivity index (χ4v) is 7.32. The van der Waals surface area contributed by atoms with Gasteiger partial charge in [0.05, 0.1) is 16.1 Å². The number of carbonyl (C=O) groups excluding carboxylic acids is 2. The molecule has 0 bridgehead atoms. The number of benzene rings is 2. The van der Waals surface area contributed by atoms with Gasteiger partial charge in [0.25, 0.3) is 15.9 Å². The molecule has 2 heterocycles. The van der Waals surface area contributed by atoms with Gasteiger partial charge in [-0.1, -0.05) is 55.7 Å². The minimum Gasteiger partial charge on any atom is -0.347 e. The zero-order chi connectivity index (χ0) is 26.9. The van der Waals surface area contributed by atoms with Crippen molar-refractivity contribution in [1.82, 2.24) is 14.2 Å². The summed E-state index contributed by atoms with van der Waals surface area (Å²) in [5.41, 5.74) is 4.19. The maximum Gasteiger partial charge on any atom is 0.265 e. The van der Waals surface area contributed by atoms with Gasteiger partial charge in [0, 0.05) is 30.4 Å². The Bertz CT molecular complexity index is 1570. The topological polar surface area (TPSA) is 88.5 Å². The molecule has 0 radical (unpaired) electrons. The third kappa shape index (κ3) is 5.13. The Kier molecular flexibility index (Phi) is 7.40. The number of carbonyl (C=O) groups is 2. The molecule has 2 aromatic heterocycles. The van der Waals surface area contributed by atoms with Crippen molar-refractivity contribution in [1.29, 1.82) is 0 Å². The summed E-state index contributed by atoms with van der Waals surface area (Å²) in [6, 6.07) is 16.8. The SMILES string of the molecule is CN(C)C(=O)Cn1c(-c2ccccc2)c(C2CCCCC2)c2ccc(C(=O)NS(=O)(=O)c3ccsc3)cc21. The predicted octanol–water partition coefficient (Wildman–Crippen LogP) is 5.62. The van der Waals surface area contributed by atoms with Gasteiger partial charge in [-0.25, -0.2) is 13.1 Å². The van der Waals surface area contributed by atoms with E-state index in [1.807, 2.05) is 28.8 Å². The molecule has 1 fully saturated rings. The summed E-state index contributed by atoms with van der Waals surface area (Å²) in [5, 5.41) is 4.14. The Morgan fingerprint density at radius 3 is 2.42 bits per heavy atom. The second kappa shape index (κ2) is 10.7. The highest BCUT2D eigenvalue weighted by atomic mass is 32.2. The Morgan fingerprint density at radius 1 is 1.03 bits per heavy atom. The van der Waals surface area contributed by atoms with Gasteiger partial charge in [0.15, 0.2) is 0 Å².